The summed E-state index contributed by atoms with van der Waals surface area (Å²) in [5.41, 5.74) is -1.17. The summed E-state index contributed by atoms with van der Waals surface area (Å²) in [6, 6.07) is 25.5. The van der Waals surface area contributed by atoms with E-state index in [1.165, 1.54) is 69.3 Å². The van der Waals surface area contributed by atoms with E-state index in [4.69, 9.17) is 38.9 Å². The fourth-order valence-electron chi connectivity index (χ4n) is 12.9. The Balaban J connectivity index is 1.15. The molecule has 7 N–H and O–H groups in total. The van der Waals surface area contributed by atoms with Crippen LogP contribution >= 0.6 is 0 Å². The number of ether oxygens (including phenoxy) is 7. The molecule has 5 amide bonds. The first kappa shape index (κ1) is 67.6. The highest BCUT2D eigenvalue weighted by Crippen LogP contribution is 2.66. The fourth-order valence-corrected chi connectivity index (χ4v) is 12.9. The zero-order valence-corrected chi connectivity index (χ0v) is 52.2. The van der Waals surface area contributed by atoms with Crippen LogP contribution < -0.4 is 27.0 Å². The number of nitrogens with two attached hydrogens (primary N) is 1. The molecule has 0 radical (unpaired) electrons. The van der Waals surface area contributed by atoms with E-state index in [0.717, 1.165) is 6.92 Å². The van der Waals surface area contributed by atoms with Crippen LogP contribution in [0.1, 0.15) is 126 Å². The van der Waals surface area contributed by atoms with Crippen LogP contribution in [0.15, 0.2) is 126 Å². The Morgan fingerprint density at radius 3 is 1.90 bits per heavy atom. The van der Waals surface area contributed by atoms with Gasteiger partial charge in [-0.3, -0.25) is 38.4 Å². The van der Waals surface area contributed by atoms with E-state index in [9.17, 15) is 48.3 Å². The van der Waals surface area contributed by atoms with Crippen molar-refractivity contribution < 1.29 is 91.0 Å². The molecule has 13 atom stereocenters. The summed E-state index contributed by atoms with van der Waals surface area (Å²) in [7, 11) is 0. The lowest BCUT2D eigenvalue weighted by atomic mass is 9.43. The Morgan fingerprint density at radius 2 is 1.34 bits per heavy atom. The highest BCUT2D eigenvalue weighted by atomic mass is 16.7. The van der Waals surface area contributed by atoms with Crippen molar-refractivity contribution in [1.82, 2.24) is 16.0 Å². The molecule has 91 heavy (non-hydrogen) atoms. The standard InChI is InChI=1S/C67H77N5O19/c1-35(2)57(77)69-38(5)58(78)71-46(31-49(68)75)60(80)70-45-28-26-41(27-29-45)33-85-63(83)89-53(51(42-20-14-11-15-21-42)72-59(79)43-22-16-12-17-23-43)62(82)88-47-32-67(84)56(90-61(81)44-24-18-13-19-25-44)54-65(10,36(3)30-48-66(54,34-86-48)91-40(7)74)55(76)52(87-39(6)73)50(37(47)4)64(67,8)9/h11-29,35-36,38,46-48,51-54,56,84H,30-34H2,1-10H3,(H2,68,75)(H,69,77)(H,70,80)(H,71,78)(H,72,79)/t36-,38+,46+,47?,48?,51-,52+,53?,54-,56-,65+,66-,67+/m0/s1. The molecule has 1 saturated heterocycles. The van der Waals surface area contributed by atoms with Crippen molar-refractivity contribution in [2.45, 2.75) is 155 Å². The molecule has 1 heterocycles. The number of Topliss-reactive ketones (excluding diaryl/α,β-unsaturated/α-hetero) is 1. The molecule has 4 aliphatic rings. The minimum Gasteiger partial charge on any atom is -0.455 e. The van der Waals surface area contributed by atoms with Gasteiger partial charge < -0.3 is 65.3 Å². The first-order valence-electron chi connectivity index (χ1n) is 29.9. The van der Waals surface area contributed by atoms with Gasteiger partial charge in [0.25, 0.3) is 5.91 Å². The fraction of sp³-hybridized carbons (Fsp3) is 0.448. The maximum atomic E-state index is 16.0. The molecule has 4 aromatic rings. The predicted molar refractivity (Wildman–Crippen MR) is 323 cm³/mol. The van der Waals surface area contributed by atoms with E-state index in [1.54, 1.807) is 108 Å². The maximum absolute atomic E-state index is 16.0. The van der Waals surface area contributed by atoms with Crippen molar-refractivity contribution in [1.29, 1.82) is 0 Å². The summed E-state index contributed by atoms with van der Waals surface area (Å²) >= 11 is 0. The van der Waals surface area contributed by atoms with Gasteiger partial charge in [-0.1, -0.05) is 120 Å². The van der Waals surface area contributed by atoms with Crippen LogP contribution in [0, 0.1) is 28.6 Å². The summed E-state index contributed by atoms with van der Waals surface area (Å²) in [5.74, 6) is -10.7. The first-order valence-corrected chi connectivity index (χ1v) is 29.9. The van der Waals surface area contributed by atoms with E-state index in [-0.39, 0.29) is 46.6 Å². The van der Waals surface area contributed by atoms with Gasteiger partial charge in [0.05, 0.1) is 24.5 Å². The Bertz CT molecular complexity index is 3490. The number of carbonyl (C=O) groups is 11. The van der Waals surface area contributed by atoms with Crippen LogP contribution in [0.3, 0.4) is 0 Å². The number of fused-ring (bicyclic) bond motifs is 5. The number of nitrogens with one attached hydrogen (secondary N) is 4. The van der Waals surface area contributed by atoms with Crippen molar-refractivity contribution >= 4 is 71.0 Å². The number of esters is 4. The molecule has 3 fully saturated rings. The minimum absolute atomic E-state index is 0.00412. The third-order valence-electron chi connectivity index (χ3n) is 18.0. The summed E-state index contributed by atoms with van der Waals surface area (Å²) in [6.45, 7) is 14.2. The van der Waals surface area contributed by atoms with E-state index >= 15 is 9.59 Å². The molecule has 3 unspecified atom stereocenters. The number of rotatable bonds is 21. The lowest BCUT2D eigenvalue weighted by Crippen LogP contribution is -2.80. The molecule has 24 nitrogen and oxygen atoms in total. The molecule has 2 bridgehead atoms. The maximum Gasteiger partial charge on any atom is 0.509 e. The average Bonchev–Trinajstić information content (AvgIpc) is 0.671. The molecule has 24 heteroatoms. The van der Waals surface area contributed by atoms with Crippen LogP contribution in [0.5, 0.6) is 0 Å². The molecule has 0 spiro atoms. The summed E-state index contributed by atoms with van der Waals surface area (Å²) in [4.78, 5) is 152. The predicted octanol–water partition coefficient (Wildman–Crippen LogP) is 5.83. The quantitative estimate of drug-likeness (QED) is 0.0324. The van der Waals surface area contributed by atoms with Crippen molar-refractivity contribution in [3.8, 4) is 0 Å². The van der Waals surface area contributed by atoms with Gasteiger partial charge in [-0.05, 0) is 84.9 Å². The number of amides is 5. The van der Waals surface area contributed by atoms with Gasteiger partial charge in [0, 0.05) is 48.3 Å². The van der Waals surface area contributed by atoms with Crippen molar-refractivity contribution in [3.63, 3.8) is 0 Å². The molecule has 8 rings (SSSR count). The molecule has 0 aromatic heterocycles. The summed E-state index contributed by atoms with van der Waals surface area (Å²) < 4.78 is 43.0. The number of hydrogen-bond acceptors (Lipinski definition) is 19. The number of aliphatic hydroxyl groups is 1. The van der Waals surface area contributed by atoms with E-state index < -0.39 is 173 Å². The molecule has 484 valence electrons. The zero-order chi connectivity index (χ0) is 66.5. The van der Waals surface area contributed by atoms with Gasteiger partial charge >= 0.3 is 30.0 Å². The number of hydrogen-bond donors (Lipinski definition) is 6. The second-order valence-corrected chi connectivity index (χ2v) is 24.7. The number of benzene rings is 4. The monoisotopic (exact) mass is 1260 g/mol. The van der Waals surface area contributed by atoms with E-state index in [2.05, 4.69) is 21.3 Å². The smallest absolute Gasteiger partial charge is 0.455 e. The molecule has 1 aliphatic heterocycles. The summed E-state index contributed by atoms with van der Waals surface area (Å²) in [5, 5.41) is 24.5. The van der Waals surface area contributed by atoms with Crippen LogP contribution in [-0.4, -0.2) is 131 Å². The molecule has 2 saturated carbocycles. The third-order valence-corrected chi connectivity index (χ3v) is 18.0. The largest absolute Gasteiger partial charge is 0.509 e. The van der Waals surface area contributed by atoms with Crippen LogP contribution in [0.25, 0.3) is 0 Å². The lowest BCUT2D eigenvalue weighted by molar-refractivity contribution is -0.340. The van der Waals surface area contributed by atoms with Crippen molar-refractivity contribution in [3.05, 3.63) is 149 Å². The highest BCUT2D eigenvalue weighted by molar-refractivity contribution is 6.01. The number of primary amides is 1. The van der Waals surface area contributed by atoms with Crippen LogP contribution in [0.4, 0.5) is 10.5 Å². The highest BCUT2D eigenvalue weighted by Gasteiger charge is 2.78. The van der Waals surface area contributed by atoms with Crippen molar-refractivity contribution in [2.75, 3.05) is 11.9 Å². The van der Waals surface area contributed by atoms with Gasteiger partial charge in [-0.25, -0.2) is 14.4 Å². The van der Waals surface area contributed by atoms with Crippen LogP contribution in [0.2, 0.25) is 0 Å². The number of anilines is 1. The number of ketones is 1. The third kappa shape index (κ3) is 14.0. The van der Waals surface area contributed by atoms with Crippen molar-refractivity contribution in [2.24, 2.45) is 34.3 Å². The average molecular weight is 1260 g/mol. The Labute approximate surface area is 525 Å². The normalized spacial score (nSPS) is 25.8. The van der Waals surface area contributed by atoms with Gasteiger partial charge in [0.1, 0.15) is 48.6 Å². The molecule has 3 aliphatic carbocycles. The Hall–Kier alpha value is -9.29. The second kappa shape index (κ2) is 27.4. The van der Waals surface area contributed by atoms with Gasteiger partial charge in [-0.15, -0.1) is 0 Å². The van der Waals surface area contributed by atoms with Crippen LogP contribution in [-0.2, 0) is 78.1 Å². The lowest BCUT2D eigenvalue weighted by Gasteiger charge is -2.68. The topological polar surface area (TPSA) is 347 Å². The minimum atomic E-state index is -2.45. The Morgan fingerprint density at radius 1 is 0.736 bits per heavy atom. The molecular formula is C67H77N5O19. The summed E-state index contributed by atoms with van der Waals surface area (Å²) in [6.07, 6.45) is -10.7. The Kier molecular flexibility index (Phi) is 20.4. The van der Waals surface area contributed by atoms with Gasteiger partial charge in [-0.2, -0.15) is 0 Å². The zero-order valence-electron chi connectivity index (χ0n) is 52.2. The first-order chi connectivity index (χ1) is 42.9. The van der Waals surface area contributed by atoms with Gasteiger partial charge in [0.2, 0.25) is 29.7 Å². The molecular weight excluding hydrogens is 1180 g/mol. The SMILES string of the molecule is CC(=O)O[C@H]1C(=O)[C@]2(C)[C@@H](C)CC3OC[C@@]3(OC(C)=O)[C@H]2[C@H](OC(=O)c2ccccc2)[C@]2(O)CC(OC(=O)C(OC(=O)OCc3ccc(NC(=O)[C@@H](CC(N)=O)NC(=O)[C@@H](C)NC(=O)C(C)C)cc3)[C@@H](NC(=O)c3ccccc3)c3ccccc3)C(C)=C1C2(C)C. The van der Waals surface area contributed by atoms with Gasteiger partial charge in [0.15, 0.2) is 17.5 Å². The van der Waals surface area contributed by atoms with E-state index in [0.29, 0.717) is 5.56 Å². The number of carbonyl (C=O) groups excluding carboxylic acids is 11. The molecule has 4 aromatic carbocycles. The van der Waals surface area contributed by atoms with E-state index in [1.807, 2.05) is 0 Å². The second-order valence-electron chi connectivity index (χ2n) is 24.7.